The second-order valence-corrected chi connectivity index (χ2v) is 7.89. The number of Topliss-reactive ketones (excluding diaryl/α,β-unsaturated/α-hetero) is 1. The van der Waals surface area contributed by atoms with Crippen LogP contribution in [0.2, 0.25) is 0 Å². The first-order valence-corrected chi connectivity index (χ1v) is 11.0. The third-order valence-corrected chi connectivity index (χ3v) is 5.74. The molecule has 0 aliphatic carbocycles. The molecule has 0 unspecified atom stereocenters. The Balaban J connectivity index is 1.67. The summed E-state index contributed by atoms with van der Waals surface area (Å²) in [5.74, 6) is -0.692. The summed E-state index contributed by atoms with van der Waals surface area (Å²) < 4.78 is 11.3. The monoisotopic (exact) mass is 438 g/mol. The van der Waals surface area contributed by atoms with E-state index in [1.165, 1.54) is 7.11 Å². The highest BCUT2D eigenvalue weighted by Gasteiger charge is 2.44. The summed E-state index contributed by atoms with van der Waals surface area (Å²) in [7, 11) is 1.35. The minimum Gasteiger partial charge on any atom is -0.481 e. The van der Waals surface area contributed by atoms with E-state index in [1.54, 1.807) is 6.08 Å². The van der Waals surface area contributed by atoms with Crippen molar-refractivity contribution in [1.82, 2.24) is 0 Å². The number of carbonyl (C=O) groups is 2. The Kier molecular flexibility index (Phi) is 7.16. The van der Waals surface area contributed by atoms with Crippen LogP contribution < -0.4 is 0 Å². The Labute approximate surface area is 194 Å². The van der Waals surface area contributed by atoms with Crippen LogP contribution in [0.1, 0.15) is 29.0 Å². The van der Waals surface area contributed by atoms with E-state index in [2.05, 4.69) is 0 Å². The maximum atomic E-state index is 13.4. The molecule has 0 amide bonds. The molecule has 1 heterocycles. The van der Waals surface area contributed by atoms with Crippen LogP contribution in [0.3, 0.4) is 0 Å². The fourth-order valence-corrected chi connectivity index (χ4v) is 4.08. The zero-order valence-electron chi connectivity index (χ0n) is 18.5. The van der Waals surface area contributed by atoms with Gasteiger partial charge in [0.2, 0.25) is 0 Å². The van der Waals surface area contributed by atoms with Gasteiger partial charge in [-0.2, -0.15) is 0 Å². The highest BCUT2D eigenvalue weighted by atomic mass is 16.5. The molecular weight excluding hydrogens is 412 g/mol. The van der Waals surface area contributed by atoms with Crippen molar-refractivity contribution in [3.05, 3.63) is 125 Å². The van der Waals surface area contributed by atoms with Crippen molar-refractivity contribution in [2.24, 2.45) is 0 Å². The van der Waals surface area contributed by atoms with Crippen LogP contribution >= 0.6 is 0 Å². The normalized spacial score (nSPS) is 17.7. The molecule has 0 saturated carbocycles. The summed E-state index contributed by atoms with van der Waals surface area (Å²) in [6.07, 6.45) is 3.77. The van der Waals surface area contributed by atoms with Gasteiger partial charge in [0.1, 0.15) is 5.76 Å². The van der Waals surface area contributed by atoms with Crippen LogP contribution in [-0.2, 0) is 25.5 Å². The van der Waals surface area contributed by atoms with Gasteiger partial charge in [-0.25, -0.2) is 4.79 Å². The molecule has 0 spiro atoms. The number of rotatable bonds is 8. The molecule has 2 atom stereocenters. The summed E-state index contributed by atoms with van der Waals surface area (Å²) in [5, 5.41) is 0. The summed E-state index contributed by atoms with van der Waals surface area (Å²) in [5.41, 5.74) is 3.27. The number of ketones is 1. The Bertz CT molecular complexity index is 1150. The molecule has 0 fully saturated rings. The number of aryl methyl sites for hydroxylation is 1. The van der Waals surface area contributed by atoms with Crippen molar-refractivity contribution in [3.63, 3.8) is 0 Å². The van der Waals surface area contributed by atoms with E-state index >= 15 is 0 Å². The van der Waals surface area contributed by atoms with Gasteiger partial charge in [0.05, 0.1) is 18.6 Å². The Morgan fingerprint density at radius 2 is 1.45 bits per heavy atom. The number of benzene rings is 3. The molecule has 0 aromatic heterocycles. The summed E-state index contributed by atoms with van der Waals surface area (Å²) in [4.78, 5) is 26.2. The molecule has 4 rings (SSSR count). The van der Waals surface area contributed by atoms with Gasteiger partial charge in [0.25, 0.3) is 0 Å². The minimum atomic E-state index is -0.791. The molecule has 3 aromatic carbocycles. The van der Waals surface area contributed by atoms with Crippen LogP contribution in [0, 0.1) is 0 Å². The fraction of sp³-hybridized carbons (Fsp3) is 0.172. The third-order valence-electron chi connectivity index (χ3n) is 5.74. The van der Waals surface area contributed by atoms with Crippen molar-refractivity contribution in [3.8, 4) is 0 Å². The van der Waals surface area contributed by atoms with Crippen molar-refractivity contribution >= 4 is 17.8 Å². The molecule has 4 nitrogen and oxygen atoms in total. The predicted octanol–water partition coefficient (Wildman–Crippen LogP) is 5.51. The average Bonchev–Trinajstić information content (AvgIpc) is 3.27. The molecule has 0 radical (unpaired) electrons. The highest BCUT2D eigenvalue weighted by molar-refractivity contribution is 5.96. The Morgan fingerprint density at radius 1 is 0.848 bits per heavy atom. The lowest BCUT2D eigenvalue weighted by atomic mass is 9.84. The van der Waals surface area contributed by atoms with Gasteiger partial charge < -0.3 is 9.47 Å². The average molecular weight is 439 g/mol. The molecule has 3 aromatic rings. The maximum absolute atomic E-state index is 13.4. The lowest BCUT2D eigenvalue weighted by Crippen LogP contribution is -2.29. The van der Waals surface area contributed by atoms with Gasteiger partial charge >= 0.3 is 5.97 Å². The Hall–Kier alpha value is -3.92. The summed E-state index contributed by atoms with van der Waals surface area (Å²) in [6.45, 7) is 0. The van der Waals surface area contributed by atoms with E-state index in [0.29, 0.717) is 24.2 Å². The van der Waals surface area contributed by atoms with Gasteiger partial charge in [-0.1, -0.05) is 97.1 Å². The zero-order valence-corrected chi connectivity index (χ0v) is 18.5. The van der Waals surface area contributed by atoms with Crippen molar-refractivity contribution in [2.75, 3.05) is 7.11 Å². The number of allylic oxidation sites excluding steroid dienone is 1. The molecular formula is C29H26O4. The lowest BCUT2D eigenvalue weighted by Gasteiger charge is -2.20. The number of carbonyl (C=O) groups excluding carboxylic acids is 2. The molecule has 166 valence electrons. The number of methoxy groups -OCH3 is 1. The highest BCUT2D eigenvalue weighted by Crippen LogP contribution is 2.41. The minimum absolute atomic E-state index is 0.0442. The van der Waals surface area contributed by atoms with Crippen LogP contribution in [-0.4, -0.2) is 25.0 Å². The Morgan fingerprint density at radius 3 is 2.09 bits per heavy atom. The first-order valence-electron chi connectivity index (χ1n) is 11.0. The van der Waals surface area contributed by atoms with E-state index in [-0.39, 0.29) is 5.78 Å². The first kappa shape index (κ1) is 22.3. The SMILES string of the molecule is COC(=O)C1=C(/C=C/c2ccccc2)O[C@H](C(=O)CCc2ccccc2)[C@H]1c1ccccc1. The second-order valence-electron chi connectivity index (χ2n) is 7.89. The van der Waals surface area contributed by atoms with E-state index < -0.39 is 18.0 Å². The quantitative estimate of drug-likeness (QED) is 0.435. The second kappa shape index (κ2) is 10.6. The molecule has 0 saturated heterocycles. The lowest BCUT2D eigenvalue weighted by molar-refractivity contribution is -0.136. The third kappa shape index (κ3) is 5.29. The number of hydrogen-bond donors (Lipinski definition) is 0. The molecule has 1 aliphatic rings. The largest absolute Gasteiger partial charge is 0.481 e. The van der Waals surface area contributed by atoms with Gasteiger partial charge in [-0.15, -0.1) is 0 Å². The van der Waals surface area contributed by atoms with Crippen LogP contribution in [0.15, 0.2) is 108 Å². The van der Waals surface area contributed by atoms with Crippen molar-refractivity contribution in [1.29, 1.82) is 0 Å². The van der Waals surface area contributed by atoms with Crippen molar-refractivity contribution in [2.45, 2.75) is 24.9 Å². The smallest absolute Gasteiger partial charge is 0.338 e. The zero-order chi connectivity index (χ0) is 23.0. The molecule has 0 N–H and O–H groups in total. The number of ether oxygens (including phenoxy) is 2. The van der Waals surface area contributed by atoms with Crippen LogP contribution in [0.5, 0.6) is 0 Å². The fourth-order valence-electron chi connectivity index (χ4n) is 4.08. The van der Waals surface area contributed by atoms with Crippen LogP contribution in [0.25, 0.3) is 6.08 Å². The molecule has 1 aliphatic heterocycles. The predicted molar refractivity (Wildman–Crippen MR) is 128 cm³/mol. The number of esters is 1. The van der Waals surface area contributed by atoms with Gasteiger partial charge in [-0.05, 0) is 29.2 Å². The maximum Gasteiger partial charge on any atom is 0.338 e. The van der Waals surface area contributed by atoms with Crippen molar-refractivity contribution < 1.29 is 19.1 Å². The topological polar surface area (TPSA) is 52.6 Å². The summed E-state index contributed by atoms with van der Waals surface area (Å²) in [6, 6.07) is 29.1. The van der Waals surface area contributed by atoms with E-state index in [1.807, 2.05) is 97.1 Å². The van der Waals surface area contributed by atoms with Crippen LogP contribution in [0.4, 0.5) is 0 Å². The van der Waals surface area contributed by atoms with Gasteiger partial charge in [0.15, 0.2) is 11.9 Å². The van der Waals surface area contributed by atoms with E-state index in [9.17, 15) is 9.59 Å². The number of hydrogen-bond acceptors (Lipinski definition) is 4. The van der Waals surface area contributed by atoms with E-state index in [4.69, 9.17) is 9.47 Å². The molecule has 0 bridgehead atoms. The first-order chi connectivity index (χ1) is 16.2. The van der Waals surface area contributed by atoms with Gasteiger partial charge in [-0.3, -0.25) is 4.79 Å². The summed E-state index contributed by atoms with van der Waals surface area (Å²) >= 11 is 0. The van der Waals surface area contributed by atoms with E-state index in [0.717, 1.165) is 16.7 Å². The molecule has 33 heavy (non-hydrogen) atoms. The molecule has 4 heteroatoms. The standard InChI is InChI=1S/C29H26O4/c1-32-29(31)27-25(20-18-22-13-7-3-8-14-22)33-28(26(27)23-15-9-4-10-16-23)24(30)19-17-21-11-5-2-6-12-21/h2-16,18,20,26,28H,17,19H2,1H3/b20-18+/t26-,28+/m0/s1. The van der Waals surface area contributed by atoms with Gasteiger partial charge in [0, 0.05) is 6.42 Å².